The van der Waals surface area contributed by atoms with Crippen LogP contribution in [0.1, 0.15) is 15.9 Å². The van der Waals surface area contributed by atoms with Crippen molar-refractivity contribution in [3.05, 3.63) is 64.8 Å². The van der Waals surface area contributed by atoms with Crippen molar-refractivity contribution < 1.29 is 9.53 Å². The summed E-state index contributed by atoms with van der Waals surface area (Å²) in [5, 5.41) is 4.97. The second-order valence-electron chi connectivity index (χ2n) is 5.17. The normalized spacial score (nSPS) is 10.6. The van der Waals surface area contributed by atoms with Crippen LogP contribution in [0.4, 0.5) is 11.4 Å². The van der Waals surface area contributed by atoms with Crippen LogP contribution in [0.3, 0.4) is 0 Å². The maximum absolute atomic E-state index is 11.7. The fourth-order valence-electron chi connectivity index (χ4n) is 2.38. The molecular formula is C18H15ClN2O2. The van der Waals surface area contributed by atoms with Gasteiger partial charge in [0.2, 0.25) is 0 Å². The Hall–Kier alpha value is -2.59. The van der Waals surface area contributed by atoms with Crippen LogP contribution < -0.4 is 5.32 Å². The van der Waals surface area contributed by atoms with Crippen molar-refractivity contribution >= 4 is 39.8 Å². The van der Waals surface area contributed by atoms with E-state index in [1.165, 1.54) is 7.11 Å². The topological polar surface area (TPSA) is 51.2 Å². The summed E-state index contributed by atoms with van der Waals surface area (Å²) in [5.74, 6) is -0.362. The zero-order chi connectivity index (χ0) is 16.4. The standard InChI is InChI=1S/C18H15ClN2O2/c1-11-3-4-12(18(22)23-2)9-16(11)21-15-7-8-20-17-10-13(19)5-6-14(15)17/h3-10H,1-2H3,(H,20,21). The van der Waals surface area contributed by atoms with E-state index in [1.54, 1.807) is 18.3 Å². The molecule has 1 heterocycles. The lowest BCUT2D eigenvalue weighted by Crippen LogP contribution is -2.03. The molecule has 0 atom stereocenters. The number of carbonyl (C=O) groups is 1. The Morgan fingerprint density at radius 3 is 2.74 bits per heavy atom. The Morgan fingerprint density at radius 1 is 1.13 bits per heavy atom. The van der Waals surface area contributed by atoms with Gasteiger partial charge in [-0.3, -0.25) is 4.98 Å². The quantitative estimate of drug-likeness (QED) is 0.707. The number of pyridine rings is 1. The number of aromatic nitrogens is 1. The second kappa shape index (κ2) is 6.26. The second-order valence-corrected chi connectivity index (χ2v) is 5.60. The highest BCUT2D eigenvalue weighted by atomic mass is 35.5. The summed E-state index contributed by atoms with van der Waals surface area (Å²) in [6.45, 7) is 1.98. The van der Waals surface area contributed by atoms with Crippen LogP contribution in [0, 0.1) is 6.92 Å². The number of fused-ring (bicyclic) bond motifs is 1. The van der Waals surface area contributed by atoms with Gasteiger partial charge in [0.25, 0.3) is 0 Å². The van der Waals surface area contributed by atoms with Crippen LogP contribution in [-0.2, 0) is 4.74 Å². The highest BCUT2D eigenvalue weighted by molar-refractivity contribution is 6.31. The molecular weight excluding hydrogens is 312 g/mol. The van der Waals surface area contributed by atoms with Gasteiger partial charge in [0.15, 0.2) is 0 Å². The first-order valence-corrected chi connectivity index (χ1v) is 7.46. The SMILES string of the molecule is COC(=O)c1ccc(C)c(Nc2ccnc3cc(Cl)ccc23)c1. The van der Waals surface area contributed by atoms with Crippen LogP contribution in [0.25, 0.3) is 10.9 Å². The minimum atomic E-state index is -0.362. The van der Waals surface area contributed by atoms with E-state index in [1.807, 2.05) is 37.3 Å². The summed E-state index contributed by atoms with van der Waals surface area (Å²) in [4.78, 5) is 16.0. The summed E-state index contributed by atoms with van der Waals surface area (Å²) >= 11 is 6.02. The molecule has 1 N–H and O–H groups in total. The smallest absolute Gasteiger partial charge is 0.337 e. The number of benzene rings is 2. The molecule has 0 saturated carbocycles. The number of nitrogens with one attached hydrogen (secondary N) is 1. The van der Waals surface area contributed by atoms with Gasteiger partial charge in [0.1, 0.15) is 0 Å². The van der Waals surface area contributed by atoms with Gasteiger partial charge in [0, 0.05) is 28.0 Å². The van der Waals surface area contributed by atoms with Gasteiger partial charge in [0.05, 0.1) is 18.2 Å². The molecule has 0 aliphatic carbocycles. The zero-order valence-electron chi connectivity index (χ0n) is 12.8. The van der Waals surface area contributed by atoms with E-state index in [9.17, 15) is 4.79 Å². The Kier molecular flexibility index (Phi) is 4.17. The minimum Gasteiger partial charge on any atom is -0.465 e. The maximum atomic E-state index is 11.7. The van der Waals surface area contributed by atoms with Gasteiger partial charge in [-0.15, -0.1) is 0 Å². The van der Waals surface area contributed by atoms with E-state index in [4.69, 9.17) is 16.3 Å². The molecule has 4 nitrogen and oxygen atoms in total. The molecule has 0 fully saturated rings. The third-order valence-corrected chi connectivity index (χ3v) is 3.87. The number of nitrogens with zero attached hydrogens (tertiary/aromatic N) is 1. The van der Waals surface area contributed by atoms with Gasteiger partial charge < -0.3 is 10.1 Å². The molecule has 0 bridgehead atoms. The molecule has 3 rings (SSSR count). The molecule has 23 heavy (non-hydrogen) atoms. The Balaban J connectivity index is 2.04. The third kappa shape index (κ3) is 3.12. The number of esters is 1. The average molecular weight is 327 g/mol. The fourth-order valence-corrected chi connectivity index (χ4v) is 2.54. The van der Waals surface area contributed by atoms with Crippen molar-refractivity contribution in [2.75, 3.05) is 12.4 Å². The van der Waals surface area contributed by atoms with E-state index >= 15 is 0 Å². The monoisotopic (exact) mass is 326 g/mol. The van der Waals surface area contributed by atoms with Gasteiger partial charge in [-0.05, 0) is 48.9 Å². The Bertz CT molecular complexity index is 893. The van der Waals surface area contributed by atoms with Crippen molar-refractivity contribution in [2.24, 2.45) is 0 Å². The van der Waals surface area contributed by atoms with E-state index < -0.39 is 0 Å². The van der Waals surface area contributed by atoms with E-state index in [0.717, 1.165) is 27.8 Å². The number of rotatable bonds is 3. The predicted octanol–water partition coefficient (Wildman–Crippen LogP) is 4.73. The summed E-state index contributed by atoms with van der Waals surface area (Å²) in [6.07, 6.45) is 1.72. The molecule has 3 aromatic rings. The molecule has 1 aromatic heterocycles. The molecule has 0 unspecified atom stereocenters. The number of carbonyl (C=O) groups excluding carboxylic acids is 1. The highest BCUT2D eigenvalue weighted by Gasteiger charge is 2.09. The average Bonchev–Trinajstić information content (AvgIpc) is 2.56. The van der Waals surface area contributed by atoms with E-state index in [0.29, 0.717) is 10.6 Å². The van der Waals surface area contributed by atoms with Crippen LogP contribution >= 0.6 is 11.6 Å². The van der Waals surface area contributed by atoms with E-state index in [2.05, 4.69) is 10.3 Å². The molecule has 0 radical (unpaired) electrons. The first kappa shape index (κ1) is 15.3. The predicted molar refractivity (Wildman–Crippen MR) is 92.6 cm³/mol. The van der Waals surface area contributed by atoms with Crippen molar-refractivity contribution in [3.63, 3.8) is 0 Å². The summed E-state index contributed by atoms with van der Waals surface area (Å²) < 4.78 is 4.77. The van der Waals surface area contributed by atoms with Crippen molar-refractivity contribution in [1.82, 2.24) is 4.98 Å². The molecule has 2 aromatic carbocycles. The molecule has 0 saturated heterocycles. The Morgan fingerprint density at radius 2 is 1.96 bits per heavy atom. The van der Waals surface area contributed by atoms with Gasteiger partial charge in [-0.2, -0.15) is 0 Å². The number of halogens is 1. The Labute approximate surface area is 139 Å². The lowest BCUT2D eigenvalue weighted by molar-refractivity contribution is 0.0601. The molecule has 116 valence electrons. The van der Waals surface area contributed by atoms with Gasteiger partial charge in [-0.1, -0.05) is 17.7 Å². The molecule has 0 amide bonds. The van der Waals surface area contributed by atoms with Crippen molar-refractivity contribution in [3.8, 4) is 0 Å². The zero-order valence-corrected chi connectivity index (χ0v) is 13.5. The molecule has 0 aliphatic heterocycles. The maximum Gasteiger partial charge on any atom is 0.337 e. The van der Waals surface area contributed by atoms with Gasteiger partial charge in [-0.25, -0.2) is 4.79 Å². The van der Waals surface area contributed by atoms with E-state index in [-0.39, 0.29) is 5.97 Å². The third-order valence-electron chi connectivity index (χ3n) is 3.63. The fraction of sp³-hybridized carbons (Fsp3) is 0.111. The number of methoxy groups -OCH3 is 1. The van der Waals surface area contributed by atoms with Crippen LogP contribution in [0.15, 0.2) is 48.7 Å². The number of aryl methyl sites for hydroxylation is 1. The van der Waals surface area contributed by atoms with Crippen LogP contribution in [0.5, 0.6) is 0 Å². The molecule has 5 heteroatoms. The number of hydrogen-bond acceptors (Lipinski definition) is 4. The van der Waals surface area contributed by atoms with Crippen molar-refractivity contribution in [2.45, 2.75) is 6.92 Å². The summed E-state index contributed by atoms with van der Waals surface area (Å²) in [5.41, 5.74) is 4.08. The number of hydrogen-bond donors (Lipinski definition) is 1. The van der Waals surface area contributed by atoms with Crippen molar-refractivity contribution in [1.29, 1.82) is 0 Å². The summed E-state index contributed by atoms with van der Waals surface area (Å²) in [6, 6.07) is 12.9. The van der Waals surface area contributed by atoms with Gasteiger partial charge >= 0.3 is 5.97 Å². The number of anilines is 2. The minimum absolute atomic E-state index is 0.362. The van der Waals surface area contributed by atoms with Crippen LogP contribution in [-0.4, -0.2) is 18.1 Å². The molecule has 0 spiro atoms. The lowest BCUT2D eigenvalue weighted by atomic mass is 10.1. The highest BCUT2D eigenvalue weighted by Crippen LogP contribution is 2.29. The summed E-state index contributed by atoms with van der Waals surface area (Å²) in [7, 11) is 1.37. The first-order chi connectivity index (χ1) is 11.1. The van der Waals surface area contributed by atoms with Crippen LogP contribution in [0.2, 0.25) is 5.02 Å². The lowest BCUT2D eigenvalue weighted by Gasteiger charge is -2.13. The number of ether oxygens (including phenoxy) is 1. The largest absolute Gasteiger partial charge is 0.465 e. The first-order valence-electron chi connectivity index (χ1n) is 7.09. The molecule has 0 aliphatic rings.